The number of methoxy groups -OCH3 is 1. The molecule has 2 aromatic carbocycles. The monoisotopic (exact) mass is 452 g/mol. The van der Waals surface area contributed by atoms with Crippen LogP contribution in [-0.4, -0.2) is 50.3 Å². The zero-order chi connectivity index (χ0) is 23.8. The topological polar surface area (TPSA) is 70.1 Å². The molecule has 0 atom stereocenters. The molecule has 4 rings (SSSR count). The summed E-state index contributed by atoms with van der Waals surface area (Å²) in [5.74, 6) is -1.12. The highest BCUT2D eigenvalue weighted by atomic mass is 16.5. The van der Waals surface area contributed by atoms with Crippen LogP contribution in [0.4, 0.5) is 11.4 Å². The molecule has 1 N–H and O–H groups in total. The maximum Gasteiger partial charge on any atom is 0.337 e. The summed E-state index contributed by atoms with van der Waals surface area (Å²) in [6.07, 6.45) is 7.63. The van der Waals surface area contributed by atoms with Gasteiger partial charge in [0.2, 0.25) is 0 Å². The number of ether oxygens (including phenoxy) is 1. The van der Waals surface area contributed by atoms with E-state index in [0.717, 1.165) is 37.3 Å². The number of carboxylic acid groups (broad SMARTS) is 1. The fourth-order valence-electron chi connectivity index (χ4n) is 4.67. The Morgan fingerprint density at radius 1 is 0.727 bits per heavy atom. The third kappa shape index (κ3) is 6.50. The van der Waals surface area contributed by atoms with Crippen LogP contribution < -0.4 is 9.80 Å². The van der Waals surface area contributed by atoms with Gasteiger partial charge in [-0.05, 0) is 99.9 Å². The van der Waals surface area contributed by atoms with Crippen molar-refractivity contribution in [2.75, 3.05) is 43.1 Å². The molecule has 2 saturated heterocycles. The molecule has 33 heavy (non-hydrogen) atoms. The van der Waals surface area contributed by atoms with Crippen molar-refractivity contribution in [2.45, 2.75) is 52.4 Å². The van der Waals surface area contributed by atoms with Crippen LogP contribution in [0.25, 0.3) is 0 Å². The highest BCUT2D eigenvalue weighted by molar-refractivity contribution is 5.90. The van der Waals surface area contributed by atoms with E-state index >= 15 is 0 Å². The Hall–Kier alpha value is -3.02. The largest absolute Gasteiger partial charge is 0.478 e. The van der Waals surface area contributed by atoms with Gasteiger partial charge in [-0.15, -0.1) is 0 Å². The van der Waals surface area contributed by atoms with Gasteiger partial charge in [0.15, 0.2) is 0 Å². The van der Waals surface area contributed by atoms with Gasteiger partial charge in [-0.2, -0.15) is 0 Å². The lowest BCUT2D eigenvalue weighted by molar-refractivity contribution is 0.0599. The highest BCUT2D eigenvalue weighted by Gasteiger charge is 2.15. The van der Waals surface area contributed by atoms with Gasteiger partial charge in [0.1, 0.15) is 0 Å². The number of benzene rings is 2. The van der Waals surface area contributed by atoms with Crippen LogP contribution in [0.3, 0.4) is 0 Å². The predicted octanol–water partition coefficient (Wildman–Crippen LogP) is 5.46. The number of rotatable bonds is 4. The summed E-state index contributed by atoms with van der Waals surface area (Å²) in [5, 5.41) is 8.90. The second kappa shape index (κ2) is 11.7. The standard InChI is InChI=1S/C14H19NO2.C13H17NO2/c1-11-10-12(14(16)17-2)6-7-13(11)15-8-4-3-5-9-15;1-10-9-11(13(15)16)5-6-12(10)14-7-3-2-4-8-14/h6-7,10H,3-5,8-9H2,1-2H3;5-6,9H,2-4,7-8H2,1H3,(H,15,16). The summed E-state index contributed by atoms with van der Waals surface area (Å²) in [6, 6.07) is 11.2. The molecular weight excluding hydrogens is 416 g/mol. The molecule has 6 nitrogen and oxygen atoms in total. The van der Waals surface area contributed by atoms with E-state index in [9.17, 15) is 9.59 Å². The first-order valence-corrected chi connectivity index (χ1v) is 11.9. The van der Waals surface area contributed by atoms with Crippen LogP contribution in [0.5, 0.6) is 0 Å². The third-order valence-corrected chi connectivity index (χ3v) is 6.46. The minimum Gasteiger partial charge on any atom is -0.478 e. The molecule has 2 aliphatic rings. The third-order valence-electron chi connectivity index (χ3n) is 6.46. The lowest BCUT2D eigenvalue weighted by atomic mass is 10.1. The van der Waals surface area contributed by atoms with Gasteiger partial charge in [-0.25, -0.2) is 9.59 Å². The highest BCUT2D eigenvalue weighted by Crippen LogP contribution is 2.26. The Labute approximate surface area is 197 Å². The van der Waals surface area contributed by atoms with Crippen molar-refractivity contribution in [3.63, 3.8) is 0 Å². The number of aryl methyl sites for hydroxylation is 2. The fourth-order valence-corrected chi connectivity index (χ4v) is 4.67. The predicted molar refractivity (Wildman–Crippen MR) is 133 cm³/mol. The van der Waals surface area contributed by atoms with E-state index in [1.54, 1.807) is 12.1 Å². The number of hydrogen-bond acceptors (Lipinski definition) is 5. The summed E-state index contributed by atoms with van der Waals surface area (Å²) in [7, 11) is 1.41. The maximum absolute atomic E-state index is 11.4. The Kier molecular flexibility index (Phi) is 8.75. The first-order chi connectivity index (χ1) is 15.9. The Bertz CT molecular complexity index is 961. The van der Waals surface area contributed by atoms with Crippen LogP contribution in [0.1, 0.15) is 70.4 Å². The van der Waals surface area contributed by atoms with E-state index < -0.39 is 5.97 Å². The molecule has 0 radical (unpaired) electrons. The van der Waals surface area contributed by atoms with Crippen molar-refractivity contribution in [1.29, 1.82) is 0 Å². The molecule has 2 heterocycles. The molecule has 0 spiro atoms. The molecular formula is C27H36N2O4. The maximum atomic E-state index is 11.4. The van der Waals surface area contributed by atoms with Gasteiger partial charge >= 0.3 is 11.9 Å². The molecule has 178 valence electrons. The average Bonchev–Trinajstić information content (AvgIpc) is 2.85. The van der Waals surface area contributed by atoms with Crippen molar-refractivity contribution in [2.24, 2.45) is 0 Å². The Morgan fingerprint density at radius 2 is 1.15 bits per heavy atom. The van der Waals surface area contributed by atoms with E-state index in [1.807, 2.05) is 31.2 Å². The van der Waals surface area contributed by atoms with Gasteiger partial charge in [-0.1, -0.05) is 0 Å². The van der Waals surface area contributed by atoms with Gasteiger partial charge in [0, 0.05) is 37.6 Å². The quantitative estimate of drug-likeness (QED) is 0.622. The summed E-state index contributed by atoms with van der Waals surface area (Å²) < 4.78 is 4.72. The minimum absolute atomic E-state index is 0.265. The van der Waals surface area contributed by atoms with Crippen LogP contribution in [0.2, 0.25) is 0 Å². The smallest absolute Gasteiger partial charge is 0.337 e. The molecule has 0 amide bonds. The number of nitrogens with zero attached hydrogens (tertiary/aromatic N) is 2. The molecule has 2 aromatic rings. The lowest BCUT2D eigenvalue weighted by Crippen LogP contribution is -2.30. The zero-order valence-corrected chi connectivity index (χ0v) is 20.1. The summed E-state index contributed by atoms with van der Waals surface area (Å²) in [5.41, 5.74) is 5.64. The Morgan fingerprint density at radius 3 is 1.55 bits per heavy atom. The molecule has 0 aliphatic carbocycles. The molecule has 2 fully saturated rings. The van der Waals surface area contributed by atoms with Gasteiger partial charge in [0.05, 0.1) is 18.2 Å². The number of hydrogen-bond donors (Lipinski definition) is 1. The number of anilines is 2. The van der Waals surface area contributed by atoms with Crippen LogP contribution >= 0.6 is 0 Å². The second-order valence-electron chi connectivity index (χ2n) is 8.89. The average molecular weight is 453 g/mol. The van der Waals surface area contributed by atoms with E-state index in [1.165, 1.54) is 57.0 Å². The van der Waals surface area contributed by atoms with E-state index in [2.05, 4.69) is 16.7 Å². The first kappa shape index (κ1) is 24.6. The van der Waals surface area contributed by atoms with Crippen LogP contribution in [-0.2, 0) is 4.74 Å². The zero-order valence-electron chi connectivity index (χ0n) is 20.1. The first-order valence-electron chi connectivity index (χ1n) is 11.9. The molecule has 0 unspecified atom stereocenters. The summed E-state index contributed by atoms with van der Waals surface area (Å²) in [4.78, 5) is 27.0. The van der Waals surface area contributed by atoms with Crippen molar-refractivity contribution in [1.82, 2.24) is 0 Å². The lowest BCUT2D eigenvalue weighted by Gasteiger charge is -2.30. The number of carboxylic acids is 1. The molecule has 0 saturated carbocycles. The van der Waals surface area contributed by atoms with Crippen molar-refractivity contribution in [3.05, 3.63) is 58.7 Å². The van der Waals surface area contributed by atoms with E-state index in [0.29, 0.717) is 11.1 Å². The number of carbonyl (C=O) groups excluding carboxylic acids is 1. The molecule has 6 heteroatoms. The van der Waals surface area contributed by atoms with E-state index in [-0.39, 0.29) is 5.97 Å². The van der Waals surface area contributed by atoms with E-state index in [4.69, 9.17) is 9.84 Å². The number of piperidine rings is 2. The SMILES string of the molecule is COC(=O)c1ccc(N2CCCCC2)c(C)c1.Cc1cc(C(=O)O)ccc1N1CCCCC1. The van der Waals surface area contributed by atoms with Crippen molar-refractivity contribution >= 4 is 23.3 Å². The number of aromatic carboxylic acids is 1. The molecule has 0 aromatic heterocycles. The summed E-state index contributed by atoms with van der Waals surface area (Å²) in [6.45, 7) is 8.46. The van der Waals surface area contributed by atoms with Gasteiger partial charge in [0.25, 0.3) is 0 Å². The molecule has 0 bridgehead atoms. The minimum atomic E-state index is -0.853. The van der Waals surface area contributed by atoms with Gasteiger partial charge in [-0.3, -0.25) is 0 Å². The number of carbonyl (C=O) groups is 2. The van der Waals surface area contributed by atoms with Crippen LogP contribution in [0, 0.1) is 13.8 Å². The second-order valence-corrected chi connectivity index (χ2v) is 8.89. The Balaban J connectivity index is 0.000000186. The normalized spacial score (nSPS) is 16.0. The summed E-state index contributed by atoms with van der Waals surface area (Å²) >= 11 is 0. The number of esters is 1. The van der Waals surface area contributed by atoms with Crippen molar-refractivity contribution in [3.8, 4) is 0 Å². The van der Waals surface area contributed by atoms with Crippen LogP contribution in [0.15, 0.2) is 36.4 Å². The molecule has 2 aliphatic heterocycles. The van der Waals surface area contributed by atoms with Crippen molar-refractivity contribution < 1.29 is 19.4 Å². The van der Waals surface area contributed by atoms with Gasteiger partial charge < -0.3 is 19.6 Å². The fraction of sp³-hybridized carbons (Fsp3) is 0.481.